The molecule has 33 heavy (non-hydrogen) atoms. The molecular weight excluding hydrogens is 406 g/mol. The molecule has 176 valence electrons. The lowest BCUT2D eigenvalue weighted by molar-refractivity contribution is 0.0500. The quantitative estimate of drug-likeness (QED) is 0.467. The number of aromatic amines is 1. The normalized spacial score (nSPS) is 22.4. The molecule has 1 aromatic heterocycles. The summed E-state index contributed by atoms with van der Waals surface area (Å²) < 4.78 is 6.12. The molecule has 1 aliphatic rings. The van der Waals surface area contributed by atoms with E-state index in [2.05, 4.69) is 87.4 Å². The molecule has 0 saturated heterocycles. The number of hydrogen-bond donors (Lipinski definition) is 2. The number of aryl methyl sites for hydroxylation is 4. The van der Waals surface area contributed by atoms with E-state index in [0.717, 1.165) is 32.3 Å². The monoisotopic (exact) mass is 445 g/mol. The van der Waals surface area contributed by atoms with Crippen LogP contribution in [0, 0.1) is 20.8 Å². The van der Waals surface area contributed by atoms with Gasteiger partial charge in [0.1, 0.15) is 0 Å². The molecule has 3 aromatic rings. The molecule has 0 saturated carbocycles. The first-order valence-corrected chi connectivity index (χ1v) is 12.4. The largest absolute Gasteiger partial charge is 0.380 e. The summed E-state index contributed by atoms with van der Waals surface area (Å²) in [6.45, 7) is 14.8. The lowest BCUT2D eigenvalue weighted by Crippen LogP contribution is -2.64. The van der Waals surface area contributed by atoms with Crippen LogP contribution in [0.2, 0.25) is 0 Å². The summed E-state index contributed by atoms with van der Waals surface area (Å²) in [5, 5.41) is 11.6. The Bertz CT molecular complexity index is 1080. The van der Waals surface area contributed by atoms with E-state index in [1.165, 1.54) is 44.5 Å². The molecule has 2 unspecified atom stereocenters. The first-order valence-electron chi connectivity index (χ1n) is 12.4. The van der Waals surface area contributed by atoms with Crippen molar-refractivity contribution in [2.75, 3.05) is 13.2 Å². The van der Waals surface area contributed by atoms with Crippen LogP contribution in [0.1, 0.15) is 71.7 Å². The van der Waals surface area contributed by atoms with Gasteiger partial charge >= 0.3 is 0 Å². The highest BCUT2D eigenvalue weighted by molar-refractivity contribution is 5.55. The maximum atomic E-state index is 6.12. The fraction of sp³-hybridized carbons (Fsp3) is 0.483. The van der Waals surface area contributed by atoms with Gasteiger partial charge in [0.15, 0.2) is 0 Å². The number of hydrogen-bond acceptors (Lipinski definition) is 3. The average molecular weight is 446 g/mol. The Kier molecular flexibility index (Phi) is 6.78. The molecule has 4 nitrogen and oxygen atoms in total. The van der Waals surface area contributed by atoms with Crippen molar-refractivity contribution in [3.05, 3.63) is 87.2 Å². The Morgan fingerprint density at radius 1 is 1.06 bits per heavy atom. The summed E-state index contributed by atoms with van der Waals surface area (Å²) in [6, 6.07) is 11.6. The van der Waals surface area contributed by atoms with Crippen LogP contribution in [0.25, 0.3) is 0 Å². The number of aromatic nitrogens is 2. The average Bonchev–Trinajstić information content (AvgIpc) is 3.29. The van der Waals surface area contributed by atoms with Crippen molar-refractivity contribution < 1.29 is 4.74 Å². The van der Waals surface area contributed by atoms with E-state index >= 15 is 0 Å². The molecule has 2 atom stereocenters. The third-order valence-electron chi connectivity index (χ3n) is 7.49. The van der Waals surface area contributed by atoms with E-state index in [4.69, 9.17) is 4.74 Å². The number of benzene rings is 2. The zero-order valence-corrected chi connectivity index (χ0v) is 21.1. The molecule has 4 heteroatoms. The van der Waals surface area contributed by atoms with Crippen LogP contribution in [0.3, 0.4) is 0 Å². The number of H-pyrrole nitrogens is 1. The predicted octanol–water partition coefficient (Wildman–Crippen LogP) is 5.71. The topological polar surface area (TPSA) is 49.9 Å². The molecule has 0 radical (unpaired) electrons. The van der Waals surface area contributed by atoms with Crippen molar-refractivity contribution in [2.24, 2.45) is 0 Å². The molecule has 1 aliphatic heterocycles. The van der Waals surface area contributed by atoms with Gasteiger partial charge in [-0.1, -0.05) is 49.7 Å². The van der Waals surface area contributed by atoms with Crippen LogP contribution < -0.4 is 5.32 Å². The molecule has 2 aromatic carbocycles. The first kappa shape index (κ1) is 23.7. The summed E-state index contributed by atoms with van der Waals surface area (Å²) in [5.74, 6) is 0. The summed E-state index contributed by atoms with van der Waals surface area (Å²) in [5.41, 5.74) is 10.4. The van der Waals surface area contributed by atoms with Gasteiger partial charge in [-0.05, 0) is 85.9 Å². The SMILES string of the molecule is CCOCC1(CC)Cc2c(CC)cccc2C(Cc2cn[nH]c2)(c2c(C)cc(C)cc2C)N1. The van der Waals surface area contributed by atoms with Gasteiger partial charge in [-0.25, -0.2) is 0 Å². The Morgan fingerprint density at radius 2 is 1.82 bits per heavy atom. The van der Waals surface area contributed by atoms with Gasteiger partial charge in [-0.3, -0.25) is 10.4 Å². The van der Waals surface area contributed by atoms with Crippen LogP contribution in [-0.4, -0.2) is 29.0 Å². The highest BCUT2D eigenvalue weighted by atomic mass is 16.5. The molecule has 0 bridgehead atoms. The summed E-state index contributed by atoms with van der Waals surface area (Å²) >= 11 is 0. The van der Waals surface area contributed by atoms with Gasteiger partial charge in [-0.2, -0.15) is 5.10 Å². The Balaban J connectivity index is 2.06. The van der Waals surface area contributed by atoms with E-state index in [1.807, 2.05) is 12.4 Å². The zero-order chi connectivity index (χ0) is 23.6. The van der Waals surface area contributed by atoms with E-state index in [1.54, 1.807) is 0 Å². The molecule has 0 amide bonds. The fourth-order valence-electron chi connectivity index (χ4n) is 6.14. The fourth-order valence-corrected chi connectivity index (χ4v) is 6.14. The molecule has 2 N–H and O–H groups in total. The Hall–Kier alpha value is -2.43. The Labute approximate surface area is 199 Å². The zero-order valence-electron chi connectivity index (χ0n) is 21.1. The smallest absolute Gasteiger partial charge is 0.0745 e. The number of nitrogens with one attached hydrogen (secondary N) is 2. The third kappa shape index (κ3) is 4.27. The van der Waals surface area contributed by atoms with Crippen molar-refractivity contribution in [1.29, 1.82) is 0 Å². The van der Waals surface area contributed by atoms with Crippen LogP contribution in [0.5, 0.6) is 0 Å². The molecule has 0 fully saturated rings. The van der Waals surface area contributed by atoms with Gasteiger partial charge in [-0.15, -0.1) is 0 Å². The molecule has 0 aliphatic carbocycles. The van der Waals surface area contributed by atoms with Gasteiger partial charge in [0.25, 0.3) is 0 Å². The lowest BCUT2D eigenvalue weighted by atomic mass is 9.65. The minimum atomic E-state index is -0.363. The van der Waals surface area contributed by atoms with Gasteiger partial charge < -0.3 is 4.74 Å². The minimum Gasteiger partial charge on any atom is -0.380 e. The first-order chi connectivity index (χ1) is 15.9. The van der Waals surface area contributed by atoms with Gasteiger partial charge in [0, 0.05) is 24.8 Å². The summed E-state index contributed by atoms with van der Waals surface area (Å²) in [6.07, 6.45) is 7.86. The van der Waals surface area contributed by atoms with Crippen LogP contribution >= 0.6 is 0 Å². The molecule has 4 rings (SSSR count). The number of fused-ring (bicyclic) bond motifs is 1. The van der Waals surface area contributed by atoms with Gasteiger partial charge in [0.2, 0.25) is 0 Å². The van der Waals surface area contributed by atoms with Crippen molar-refractivity contribution in [1.82, 2.24) is 15.5 Å². The van der Waals surface area contributed by atoms with Crippen LogP contribution in [0.4, 0.5) is 0 Å². The van der Waals surface area contributed by atoms with E-state index < -0.39 is 0 Å². The van der Waals surface area contributed by atoms with Crippen LogP contribution in [0.15, 0.2) is 42.7 Å². The molecule has 2 heterocycles. The lowest BCUT2D eigenvalue weighted by Gasteiger charge is -2.52. The second-order valence-corrected chi connectivity index (χ2v) is 9.83. The van der Waals surface area contributed by atoms with E-state index in [9.17, 15) is 0 Å². The van der Waals surface area contributed by atoms with Crippen molar-refractivity contribution >= 4 is 0 Å². The second-order valence-electron chi connectivity index (χ2n) is 9.83. The maximum Gasteiger partial charge on any atom is 0.0745 e. The van der Waals surface area contributed by atoms with Gasteiger partial charge in [0.05, 0.1) is 18.3 Å². The van der Waals surface area contributed by atoms with Crippen molar-refractivity contribution in [3.63, 3.8) is 0 Å². The highest BCUT2D eigenvalue weighted by Gasteiger charge is 2.49. The summed E-state index contributed by atoms with van der Waals surface area (Å²) in [4.78, 5) is 0. The predicted molar refractivity (Wildman–Crippen MR) is 136 cm³/mol. The number of nitrogens with zero attached hydrogens (tertiary/aromatic N) is 1. The summed E-state index contributed by atoms with van der Waals surface area (Å²) in [7, 11) is 0. The maximum absolute atomic E-state index is 6.12. The highest BCUT2D eigenvalue weighted by Crippen LogP contribution is 2.46. The van der Waals surface area contributed by atoms with Crippen molar-refractivity contribution in [3.8, 4) is 0 Å². The number of rotatable bonds is 8. The molecule has 0 spiro atoms. The van der Waals surface area contributed by atoms with E-state index in [0.29, 0.717) is 6.61 Å². The Morgan fingerprint density at radius 3 is 2.42 bits per heavy atom. The van der Waals surface area contributed by atoms with E-state index in [-0.39, 0.29) is 11.1 Å². The standard InChI is InChI=1S/C29H39N3O/c1-7-24-11-10-12-26-25(24)16-28(8-2,19-33-9-3)32-29(26,15-23-17-30-31-18-23)27-21(5)13-20(4)14-22(27)6/h10-14,17-18,32H,7-9,15-16,19H2,1-6H3,(H,30,31). The van der Waals surface area contributed by atoms with Crippen molar-refractivity contribution in [2.45, 2.75) is 78.3 Å². The molecular formula is C29H39N3O. The number of ether oxygens (including phenoxy) is 1. The minimum absolute atomic E-state index is 0.137. The second kappa shape index (κ2) is 9.44. The van der Waals surface area contributed by atoms with Crippen LogP contribution in [-0.2, 0) is 29.5 Å². The third-order valence-corrected chi connectivity index (χ3v) is 7.49.